The first kappa shape index (κ1) is 10.2. The van der Waals surface area contributed by atoms with Crippen molar-refractivity contribution >= 4 is 5.95 Å². The lowest BCUT2D eigenvalue weighted by atomic mass is 10.0. The van der Waals surface area contributed by atoms with Gasteiger partial charge in [-0.15, -0.1) is 0 Å². The van der Waals surface area contributed by atoms with Gasteiger partial charge in [-0.1, -0.05) is 6.92 Å². The van der Waals surface area contributed by atoms with Crippen LogP contribution in [0.1, 0.15) is 37.1 Å². The molecule has 1 aromatic heterocycles. The molecule has 0 bridgehead atoms. The first-order chi connectivity index (χ1) is 7.22. The predicted octanol–water partition coefficient (Wildman–Crippen LogP) is 0.339. The van der Waals surface area contributed by atoms with Gasteiger partial charge in [-0.2, -0.15) is 0 Å². The smallest absolute Gasteiger partial charge is 0.257 e. The van der Waals surface area contributed by atoms with Crippen molar-refractivity contribution < 1.29 is 0 Å². The van der Waals surface area contributed by atoms with Crippen LogP contribution in [0, 0.1) is 0 Å². The van der Waals surface area contributed by atoms with Crippen molar-refractivity contribution in [1.29, 1.82) is 0 Å². The fourth-order valence-electron chi connectivity index (χ4n) is 2.11. The lowest BCUT2D eigenvalue weighted by Crippen LogP contribution is -2.26. The number of anilines is 1. The number of hydrogen-bond donors (Lipinski definition) is 3. The minimum Gasteiger partial charge on any atom is -0.369 e. The van der Waals surface area contributed by atoms with Crippen molar-refractivity contribution in [2.45, 2.75) is 32.2 Å². The van der Waals surface area contributed by atoms with Crippen molar-refractivity contribution in [3.05, 3.63) is 21.6 Å². The molecule has 1 aliphatic rings. The van der Waals surface area contributed by atoms with E-state index in [-0.39, 0.29) is 17.5 Å². The fraction of sp³-hybridized carbons (Fsp3) is 0.600. The Morgan fingerprint density at radius 1 is 1.60 bits per heavy atom. The zero-order valence-corrected chi connectivity index (χ0v) is 8.84. The molecule has 0 amide bonds. The van der Waals surface area contributed by atoms with Gasteiger partial charge in [-0.3, -0.25) is 9.78 Å². The number of nitrogens with one attached hydrogen (secondary N) is 2. The second kappa shape index (κ2) is 4.02. The van der Waals surface area contributed by atoms with E-state index in [1.54, 1.807) is 0 Å². The Hall–Kier alpha value is -1.36. The normalized spacial score (nSPS) is 20.7. The highest BCUT2D eigenvalue weighted by Crippen LogP contribution is 2.22. The molecule has 1 saturated heterocycles. The molecule has 1 atom stereocenters. The van der Waals surface area contributed by atoms with Gasteiger partial charge in [0.25, 0.3) is 5.56 Å². The number of rotatable bonds is 2. The molecule has 2 rings (SSSR count). The van der Waals surface area contributed by atoms with Gasteiger partial charge < -0.3 is 11.1 Å². The molecule has 1 fully saturated rings. The van der Waals surface area contributed by atoms with Gasteiger partial charge in [0.15, 0.2) is 0 Å². The molecule has 5 heteroatoms. The van der Waals surface area contributed by atoms with Crippen LogP contribution in [0.2, 0.25) is 0 Å². The molecule has 0 aromatic carbocycles. The summed E-state index contributed by atoms with van der Waals surface area (Å²) in [5.41, 5.74) is 7.00. The first-order valence-corrected chi connectivity index (χ1v) is 5.34. The zero-order chi connectivity index (χ0) is 10.8. The van der Waals surface area contributed by atoms with E-state index >= 15 is 0 Å². The molecule has 1 aromatic rings. The van der Waals surface area contributed by atoms with Crippen LogP contribution in [0.3, 0.4) is 0 Å². The third kappa shape index (κ3) is 1.87. The largest absolute Gasteiger partial charge is 0.369 e. The summed E-state index contributed by atoms with van der Waals surface area (Å²) in [7, 11) is 0. The molecule has 0 saturated carbocycles. The predicted molar refractivity (Wildman–Crippen MR) is 58.6 cm³/mol. The van der Waals surface area contributed by atoms with E-state index in [4.69, 9.17) is 5.73 Å². The highest BCUT2D eigenvalue weighted by Gasteiger charge is 2.22. The summed E-state index contributed by atoms with van der Waals surface area (Å²) in [4.78, 5) is 18.5. The molecular weight excluding hydrogens is 192 g/mol. The number of nitrogens with zero attached hydrogens (tertiary/aromatic N) is 1. The molecule has 1 aliphatic heterocycles. The van der Waals surface area contributed by atoms with Crippen LogP contribution in [0.15, 0.2) is 4.79 Å². The Balaban J connectivity index is 2.48. The third-order valence-electron chi connectivity index (χ3n) is 2.80. The van der Waals surface area contributed by atoms with Crippen molar-refractivity contribution in [1.82, 2.24) is 15.3 Å². The van der Waals surface area contributed by atoms with Crippen LogP contribution in [-0.4, -0.2) is 16.5 Å². The van der Waals surface area contributed by atoms with Crippen molar-refractivity contribution in [2.75, 3.05) is 12.3 Å². The van der Waals surface area contributed by atoms with E-state index in [2.05, 4.69) is 15.3 Å². The molecule has 0 radical (unpaired) electrons. The molecule has 15 heavy (non-hydrogen) atoms. The minimum atomic E-state index is -0.0984. The Bertz CT molecular complexity index is 406. The maximum Gasteiger partial charge on any atom is 0.257 e. The van der Waals surface area contributed by atoms with E-state index in [0.29, 0.717) is 0 Å². The molecule has 0 spiro atoms. The summed E-state index contributed by atoms with van der Waals surface area (Å²) in [6, 6.07) is 0.150. The molecule has 0 aliphatic carbocycles. The van der Waals surface area contributed by atoms with Crippen molar-refractivity contribution in [3.8, 4) is 0 Å². The molecule has 1 unspecified atom stereocenters. The summed E-state index contributed by atoms with van der Waals surface area (Å²) < 4.78 is 0. The quantitative estimate of drug-likeness (QED) is 0.654. The molecule has 5 nitrogen and oxygen atoms in total. The fourth-order valence-corrected chi connectivity index (χ4v) is 2.11. The summed E-state index contributed by atoms with van der Waals surface area (Å²) >= 11 is 0. The SMILES string of the molecule is CCc1nc(N)[nH]c(=O)c1C1CCCN1. The van der Waals surface area contributed by atoms with E-state index in [1.165, 1.54) is 0 Å². The van der Waals surface area contributed by atoms with E-state index < -0.39 is 0 Å². The van der Waals surface area contributed by atoms with Crippen LogP contribution in [-0.2, 0) is 6.42 Å². The number of nitrogens with two attached hydrogens (primary N) is 1. The Morgan fingerprint density at radius 2 is 2.40 bits per heavy atom. The van der Waals surface area contributed by atoms with Crippen LogP contribution in [0.5, 0.6) is 0 Å². The van der Waals surface area contributed by atoms with Gasteiger partial charge in [-0.05, 0) is 25.8 Å². The van der Waals surface area contributed by atoms with Gasteiger partial charge in [-0.25, -0.2) is 4.98 Å². The second-order valence-corrected chi connectivity index (χ2v) is 3.81. The van der Waals surface area contributed by atoms with Crippen molar-refractivity contribution in [3.63, 3.8) is 0 Å². The number of aromatic amines is 1. The first-order valence-electron chi connectivity index (χ1n) is 5.34. The summed E-state index contributed by atoms with van der Waals surface area (Å²) in [5.74, 6) is 0.207. The van der Waals surface area contributed by atoms with Gasteiger partial charge in [0, 0.05) is 6.04 Å². The maximum absolute atomic E-state index is 11.8. The highest BCUT2D eigenvalue weighted by atomic mass is 16.1. The average Bonchev–Trinajstić information content (AvgIpc) is 2.69. The van der Waals surface area contributed by atoms with Crippen LogP contribution >= 0.6 is 0 Å². The van der Waals surface area contributed by atoms with E-state index in [9.17, 15) is 4.79 Å². The molecule has 82 valence electrons. The molecule has 2 heterocycles. The Kier molecular flexibility index (Phi) is 2.73. The van der Waals surface area contributed by atoms with Gasteiger partial charge in [0.05, 0.1) is 11.3 Å². The van der Waals surface area contributed by atoms with E-state index in [0.717, 1.165) is 37.1 Å². The number of H-pyrrole nitrogens is 1. The van der Waals surface area contributed by atoms with Crippen LogP contribution in [0.25, 0.3) is 0 Å². The standard InChI is InChI=1S/C10H16N4O/c1-2-6-8(7-4-3-5-12-7)9(15)14-10(11)13-6/h7,12H,2-5H2,1H3,(H3,11,13,14,15). The second-order valence-electron chi connectivity index (χ2n) is 3.81. The van der Waals surface area contributed by atoms with Gasteiger partial charge in [0.2, 0.25) is 5.95 Å². The van der Waals surface area contributed by atoms with Crippen molar-refractivity contribution in [2.24, 2.45) is 0 Å². The number of nitrogen functional groups attached to an aromatic ring is 1. The maximum atomic E-state index is 11.8. The molecule has 4 N–H and O–H groups in total. The third-order valence-corrected chi connectivity index (χ3v) is 2.80. The van der Waals surface area contributed by atoms with Crippen LogP contribution < -0.4 is 16.6 Å². The molecular formula is C10H16N4O. The lowest BCUT2D eigenvalue weighted by molar-refractivity contribution is 0.626. The summed E-state index contributed by atoms with van der Waals surface area (Å²) in [6.45, 7) is 2.96. The Labute approximate surface area is 88.1 Å². The minimum absolute atomic E-state index is 0.0984. The zero-order valence-electron chi connectivity index (χ0n) is 8.84. The van der Waals surface area contributed by atoms with Gasteiger partial charge >= 0.3 is 0 Å². The highest BCUT2D eigenvalue weighted by molar-refractivity contribution is 5.28. The Morgan fingerprint density at radius 3 is 3.00 bits per heavy atom. The monoisotopic (exact) mass is 208 g/mol. The lowest BCUT2D eigenvalue weighted by Gasteiger charge is -2.13. The number of hydrogen-bond acceptors (Lipinski definition) is 4. The number of aryl methyl sites for hydroxylation is 1. The van der Waals surface area contributed by atoms with Crippen LogP contribution in [0.4, 0.5) is 5.95 Å². The summed E-state index contributed by atoms with van der Waals surface area (Å²) in [5, 5.41) is 3.31. The average molecular weight is 208 g/mol. The van der Waals surface area contributed by atoms with Gasteiger partial charge in [0.1, 0.15) is 0 Å². The summed E-state index contributed by atoms with van der Waals surface area (Å²) in [6.07, 6.45) is 2.85. The van der Waals surface area contributed by atoms with E-state index in [1.807, 2.05) is 6.92 Å². The topological polar surface area (TPSA) is 83.8 Å². The number of aromatic nitrogens is 2.